The number of hydrogen-bond acceptors (Lipinski definition) is 5. The summed E-state index contributed by atoms with van der Waals surface area (Å²) in [5.41, 5.74) is 3.47. The van der Waals surface area contributed by atoms with Crippen LogP contribution in [0, 0.1) is 0 Å². The van der Waals surface area contributed by atoms with Gasteiger partial charge in [-0.2, -0.15) is 5.10 Å². The fourth-order valence-electron chi connectivity index (χ4n) is 2.89. The molecule has 0 aliphatic carbocycles. The van der Waals surface area contributed by atoms with Crippen LogP contribution in [0.25, 0.3) is 0 Å². The minimum absolute atomic E-state index is 0.626. The Morgan fingerprint density at radius 2 is 2.04 bits per heavy atom. The maximum atomic E-state index is 4.83. The molecule has 0 fully saturated rings. The molecule has 6 heteroatoms. The standard InChI is InChI=1S/C17H19N5O/c1-2-4-14(5-3-1)12-21-7-8-22-16(13-21)10-17(19-22)18-11-15-6-9-23-20-15/h1-6,9-10H,7-8,11-13H2,(H,18,19). The van der Waals surface area contributed by atoms with E-state index in [2.05, 4.69) is 61.6 Å². The van der Waals surface area contributed by atoms with Gasteiger partial charge in [-0.1, -0.05) is 35.5 Å². The van der Waals surface area contributed by atoms with Gasteiger partial charge in [0.05, 0.1) is 18.8 Å². The molecule has 1 N–H and O–H groups in total. The molecule has 0 saturated carbocycles. The Morgan fingerprint density at radius 1 is 1.13 bits per heavy atom. The van der Waals surface area contributed by atoms with Crippen LogP contribution in [0.2, 0.25) is 0 Å². The van der Waals surface area contributed by atoms with E-state index in [1.807, 2.05) is 6.07 Å². The summed E-state index contributed by atoms with van der Waals surface area (Å²) < 4.78 is 6.92. The molecule has 1 aromatic carbocycles. The highest BCUT2D eigenvalue weighted by atomic mass is 16.5. The van der Waals surface area contributed by atoms with Crippen LogP contribution >= 0.6 is 0 Å². The van der Waals surface area contributed by atoms with Crippen molar-refractivity contribution in [2.24, 2.45) is 0 Å². The zero-order valence-electron chi connectivity index (χ0n) is 12.9. The minimum atomic E-state index is 0.626. The highest BCUT2D eigenvalue weighted by molar-refractivity contribution is 5.36. The maximum Gasteiger partial charge on any atom is 0.148 e. The van der Waals surface area contributed by atoms with E-state index in [0.29, 0.717) is 6.54 Å². The van der Waals surface area contributed by atoms with Gasteiger partial charge in [-0.05, 0) is 5.56 Å². The molecule has 0 unspecified atom stereocenters. The summed E-state index contributed by atoms with van der Waals surface area (Å²) in [5.74, 6) is 0.893. The molecular formula is C17H19N5O. The first-order valence-electron chi connectivity index (χ1n) is 7.83. The first-order chi connectivity index (χ1) is 11.4. The number of hydrogen-bond donors (Lipinski definition) is 1. The van der Waals surface area contributed by atoms with Crippen molar-refractivity contribution in [1.82, 2.24) is 19.8 Å². The van der Waals surface area contributed by atoms with E-state index in [1.54, 1.807) is 6.26 Å². The van der Waals surface area contributed by atoms with E-state index in [0.717, 1.165) is 37.7 Å². The third kappa shape index (κ3) is 3.27. The molecule has 1 aliphatic rings. The van der Waals surface area contributed by atoms with Crippen molar-refractivity contribution in [3.63, 3.8) is 0 Å². The number of benzene rings is 1. The van der Waals surface area contributed by atoms with E-state index < -0.39 is 0 Å². The molecule has 1 aliphatic heterocycles. The molecule has 0 spiro atoms. The molecule has 3 heterocycles. The third-order valence-corrected chi connectivity index (χ3v) is 4.07. The van der Waals surface area contributed by atoms with Crippen molar-refractivity contribution >= 4 is 5.82 Å². The normalized spacial score (nSPS) is 14.6. The fourth-order valence-corrected chi connectivity index (χ4v) is 2.89. The summed E-state index contributed by atoms with van der Waals surface area (Å²) in [6, 6.07) is 14.6. The first-order valence-corrected chi connectivity index (χ1v) is 7.83. The first kappa shape index (κ1) is 14.0. The Hall–Kier alpha value is -2.60. The fraction of sp³-hybridized carbons (Fsp3) is 0.294. The molecule has 6 nitrogen and oxygen atoms in total. The molecule has 0 atom stereocenters. The summed E-state index contributed by atoms with van der Waals surface area (Å²) >= 11 is 0. The van der Waals surface area contributed by atoms with Gasteiger partial charge >= 0.3 is 0 Å². The average molecular weight is 309 g/mol. The molecule has 3 aromatic rings. The zero-order chi connectivity index (χ0) is 15.5. The van der Waals surface area contributed by atoms with E-state index in [4.69, 9.17) is 4.52 Å². The van der Waals surface area contributed by atoms with Gasteiger partial charge in [0.15, 0.2) is 0 Å². The van der Waals surface area contributed by atoms with Gasteiger partial charge in [-0.15, -0.1) is 0 Å². The molecular weight excluding hydrogens is 290 g/mol. The number of rotatable bonds is 5. The second kappa shape index (κ2) is 6.26. The van der Waals surface area contributed by atoms with Crippen LogP contribution < -0.4 is 5.32 Å². The number of nitrogens with zero attached hydrogens (tertiary/aromatic N) is 4. The van der Waals surface area contributed by atoms with Crippen LogP contribution in [0.1, 0.15) is 17.0 Å². The average Bonchev–Trinajstić information content (AvgIpc) is 3.22. The number of nitrogens with one attached hydrogen (secondary N) is 1. The van der Waals surface area contributed by atoms with Gasteiger partial charge in [0, 0.05) is 31.8 Å². The Labute approximate surface area is 134 Å². The second-order valence-corrected chi connectivity index (χ2v) is 5.78. The molecule has 4 rings (SSSR count). The summed E-state index contributed by atoms with van der Waals surface area (Å²) in [4.78, 5) is 2.45. The zero-order valence-corrected chi connectivity index (χ0v) is 12.9. The number of fused-ring (bicyclic) bond motifs is 1. The smallest absolute Gasteiger partial charge is 0.148 e. The lowest BCUT2D eigenvalue weighted by Crippen LogP contribution is -2.33. The molecule has 2 aromatic heterocycles. The summed E-state index contributed by atoms with van der Waals surface area (Å²) in [6.07, 6.45) is 1.58. The summed E-state index contributed by atoms with van der Waals surface area (Å²) in [6.45, 7) is 4.47. The minimum Gasteiger partial charge on any atom is -0.364 e. The Bertz CT molecular complexity index is 751. The monoisotopic (exact) mass is 309 g/mol. The predicted octanol–water partition coefficient (Wildman–Crippen LogP) is 2.50. The molecule has 118 valence electrons. The van der Waals surface area contributed by atoms with Crippen LogP contribution in [0.5, 0.6) is 0 Å². The second-order valence-electron chi connectivity index (χ2n) is 5.78. The van der Waals surface area contributed by atoms with E-state index in [9.17, 15) is 0 Å². The lowest BCUT2D eigenvalue weighted by Gasteiger charge is -2.27. The summed E-state index contributed by atoms with van der Waals surface area (Å²) in [7, 11) is 0. The quantitative estimate of drug-likeness (QED) is 0.784. The largest absolute Gasteiger partial charge is 0.364 e. The van der Waals surface area contributed by atoms with Gasteiger partial charge < -0.3 is 9.84 Å². The highest BCUT2D eigenvalue weighted by Gasteiger charge is 2.18. The summed E-state index contributed by atoms with van der Waals surface area (Å²) in [5, 5.41) is 11.8. The lowest BCUT2D eigenvalue weighted by molar-refractivity contribution is 0.205. The van der Waals surface area contributed by atoms with Gasteiger partial charge in [-0.3, -0.25) is 9.58 Å². The molecule has 0 bridgehead atoms. The SMILES string of the molecule is c1ccc(CN2CCn3nc(NCc4ccon4)cc3C2)cc1. The third-order valence-electron chi connectivity index (χ3n) is 4.07. The Kier molecular flexibility index (Phi) is 3.81. The van der Waals surface area contributed by atoms with Gasteiger partial charge in [0.1, 0.15) is 17.8 Å². The predicted molar refractivity (Wildman–Crippen MR) is 86.6 cm³/mol. The molecule has 0 radical (unpaired) electrons. The van der Waals surface area contributed by atoms with Crippen LogP contribution in [0.15, 0.2) is 53.3 Å². The van der Waals surface area contributed by atoms with E-state index >= 15 is 0 Å². The topological polar surface area (TPSA) is 59.1 Å². The van der Waals surface area contributed by atoms with Crippen molar-refractivity contribution in [2.45, 2.75) is 26.2 Å². The van der Waals surface area contributed by atoms with E-state index in [-0.39, 0.29) is 0 Å². The van der Waals surface area contributed by atoms with Crippen LogP contribution in [0.3, 0.4) is 0 Å². The van der Waals surface area contributed by atoms with Gasteiger partial charge in [0.25, 0.3) is 0 Å². The van der Waals surface area contributed by atoms with Crippen molar-refractivity contribution in [3.05, 3.63) is 65.7 Å². The highest BCUT2D eigenvalue weighted by Crippen LogP contribution is 2.18. The Balaban J connectivity index is 1.39. The van der Waals surface area contributed by atoms with Crippen LogP contribution in [0.4, 0.5) is 5.82 Å². The molecule has 0 amide bonds. The molecule has 0 saturated heterocycles. The van der Waals surface area contributed by atoms with Gasteiger partial charge in [0.2, 0.25) is 0 Å². The van der Waals surface area contributed by atoms with E-state index in [1.165, 1.54) is 11.3 Å². The number of aromatic nitrogens is 3. The number of anilines is 1. The van der Waals surface area contributed by atoms with Crippen molar-refractivity contribution in [1.29, 1.82) is 0 Å². The Morgan fingerprint density at radius 3 is 2.87 bits per heavy atom. The van der Waals surface area contributed by atoms with Crippen LogP contribution in [-0.4, -0.2) is 26.4 Å². The molecule has 23 heavy (non-hydrogen) atoms. The van der Waals surface area contributed by atoms with Crippen molar-refractivity contribution < 1.29 is 4.52 Å². The van der Waals surface area contributed by atoms with Crippen molar-refractivity contribution in [3.8, 4) is 0 Å². The van der Waals surface area contributed by atoms with Crippen molar-refractivity contribution in [2.75, 3.05) is 11.9 Å². The van der Waals surface area contributed by atoms with Gasteiger partial charge in [-0.25, -0.2) is 0 Å². The van der Waals surface area contributed by atoms with Crippen LogP contribution in [-0.2, 0) is 26.2 Å². The lowest BCUT2D eigenvalue weighted by atomic mass is 10.2. The maximum absolute atomic E-state index is 4.83.